The van der Waals surface area contributed by atoms with Crippen molar-refractivity contribution in [1.82, 2.24) is 9.62 Å². The van der Waals surface area contributed by atoms with Gasteiger partial charge in [-0.3, -0.25) is 4.79 Å². The molecule has 1 unspecified atom stereocenters. The van der Waals surface area contributed by atoms with Gasteiger partial charge in [-0.1, -0.05) is 13.0 Å². The summed E-state index contributed by atoms with van der Waals surface area (Å²) < 4.78 is 26.3. The van der Waals surface area contributed by atoms with Crippen LogP contribution in [0.3, 0.4) is 0 Å². The molecule has 1 aromatic carbocycles. The topological polar surface area (TPSA) is 92.5 Å². The zero-order valence-corrected chi connectivity index (χ0v) is 11.5. The van der Waals surface area contributed by atoms with E-state index in [1.54, 1.807) is 19.1 Å². The van der Waals surface area contributed by atoms with Gasteiger partial charge >= 0.3 is 0 Å². The van der Waals surface area contributed by atoms with E-state index in [1.807, 2.05) is 0 Å². The standard InChI is InChI=1S/C12H17N3O3S/c1-2-11-12(16)14-6-7-15(11)19(17,18)10-5-3-4-9(13)8-10/h3-5,8,11H,2,6-7,13H2,1H3,(H,14,16). The number of sulfonamides is 1. The van der Waals surface area contributed by atoms with E-state index in [9.17, 15) is 13.2 Å². The van der Waals surface area contributed by atoms with Crippen LogP contribution in [-0.2, 0) is 14.8 Å². The number of nitrogens with one attached hydrogen (secondary N) is 1. The molecule has 0 spiro atoms. The summed E-state index contributed by atoms with van der Waals surface area (Å²) >= 11 is 0. The summed E-state index contributed by atoms with van der Waals surface area (Å²) in [6.45, 7) is 2.40. The summed E-state index contributed by atoms with van der Waals surface area (Å²) in [6.07, 6.45) is 0.438. The molecule has 0 aromatic heterocycles. The third-order valence-electron chi connectivity index (χ3n) is 3.13. The second kappa shape index (κ2) is 5.18. The average Bonchev–Trinajstić information content (AvgIpc) is 2.38. The number of rotatable bonds is 3. The number of piperazine rings is 1. The van der Waals surface area contributed by atoms with Crippen molar-refractivity contribution < 1.29 is 13.2 Å². The van der Waals surface area contributed by atoms with Gasteiger partial charge in [-0.05, 0) is 24.6 Å². The molecule has 0 saturated carbocycles. The van der Waals surface area contributed by atoms with Crippen LogP contribution in [0.2, 0.25) is 0 Å². The average molecular weight is 283 g/mol. The van der Waals surface area contributed by atoms with Gasteiger partial charge in [0.1, 0.15) is 6.04 Å². The van der Waals surface area contributed by atoms with Crippen molar-refractivity contribution in [1.29, 1.82) is 0 Å². The van der Waals surface area contributed by atoms with E-state index in [1.165, 1.54) is 16.4 Å². The molecule has 1 saturated heterocycles. The molecule has 1 heterocycles. The fraction of sp³-hybridized carbons (Fsp3) is 0.417. The summed E-state index contributed by atoms with van der Waals surface area (Å²) in [5.41, 5.74) is 6.00. The number of nitrogens with zero attached hydrogens (tertiary/aromatic N) is 1. The van der Waals surface area contributed by atoms with E-state index < -0.39 is 16.1 Å². The summed E-state index contributed by atoms with van der Waals surface area (Å²) in [7, 11) is -3.69. The number of carbonyl (C=O) groups is 1. The fourth-order valence-corrected chi connectivity index (χ4v) is 3.90. The molecular weight excluding hydrogens is 266 g/mol. The van der Waals surface area contributed by atoms with Gasteiger partial charge in [0, 0.05) is 18.8 Å². The number of nitrogens with two attached hydrogens (primary N) is 1. The van der Waals surface area contributed by atoms with Crippen LogP contribution in [0.4, 0.5) is 5.69 Å². The van der Waals surface area contributed by atoms with Crippen LogP contribution in [0, 0.1) is 0 Å². The molecule has 2 rings (SSSR count). The van der Waals surface area contributed by atoms with Crippen LogP contribution in [0.5, 0.6) is 0 Å². The number of amides is 1. The van der Waals surface area contributed by atoms with Crippen molar-refractivity contribution in [3.05, 3.63) is 24.3 Å². The fourth-order valence-electron chi connectivity index (χ4n) is 2.18. The zero-order valence-electron chi connectivity index (χ0n) is 10.7. The Kier molecular flexibility index (Phi) is 3.77. The Morgan fingerprint density at radius 1 is 1.47 bits per heavy atom. The molecule has 0 bridgehead atoms. The van der Waals surface area contributed by atoms with Crippen molar-refractivity contribution >= 4 is 21.6 Å². The molecule has 3 N–H and O–H groups in total. The minimum atomic E-state index is -3.69. The molecule has 1 aliphatic heterocycles. The Hall–Kier alpha value is -1.60. The van der Waals surface area contributed by atoms with Crippen LogP contribution in [-0.4, -0.2) is 37.8 Å². The van der Waals surface area contributed by atoms with Gasteiger partial charge in [0.05, 0.1) is 4.90 Å². The lowest BCUT2D eigenvalue weighted by atomic mass is 10.2. The third kappa shape index (κ3) is 2.57. The van der Waals surface area contributed by atoms with Crippen molar-refractivity contribution in [2.24, 2.45) is 0 Å². The van der Waals surface area contributed by atoms with Crippen molar-refractivity contribution in [2.75, 3.05) is 18.8 Å². The monoisotopic (exact) mass is 283 g/mol. The van der Waals surface area contributed by atoms with E-state index in [2.05, 4.69) is 5.32 Å². The minimum absolute atomic E-state index is 0.126. The Morgan fingerprint density at radius 3 is 2.84 bits per heavy atom. The van der Waals surface area contributed by atoms with E-state index in [4.69, 9.17) is 5.73 Å². The lowest BCUT2D eigenvalue weighted by Crippen LogP contribution is -2.56. The summed E-state index contributed by atoms with van der Waals surface area (Å²) in [6, 6.07) is 5.46. The Balaban J connectivity index is 2.40. The van der Waals surface area contributed by atoms with Crippen molar-refractivity contribution in [3.8, 4) is 0 Å². The molecule has 7 heteroatoms. The molecule has 19 heavy (non-hydrogen) atoms. The summed E-state index contributed by atoms with van der Waals surface area (Å²) in [5.74, 6) is -0.249. The van der Waals surface area contributed by atoms with E-state index >= 15 is 0 Å². The number of benzene rings is 1. The summed E-state index contributed by atoms with van der Waals surface area (Å²) in [4.78, 5) is 11.9. The van der Waals surface area contributed by atoms with Gasteiger partial charge < -0.3 is 11.1 Å². The predicted molar refractivity (Wildman–Crippen MR) is 71.8 cm³/mol. The van der Waals surface area contributed by atoms with Gasteiger partial charge in [-0.2, -0.15) is 4.31 Å². The molecule has 6 nitrogen and oxygen atoms in total. The first-order valence-corrected chi connectivity index (χ1v) is 7.56. The first-order chi connectivity index (χ1) is 8.96. The van der Waals surface area contributed by atoms with Gasteiger partial charge in [0.2, 0.25) is 15.9 Å². The normalized spacial score (nSPS) is 21.1. The SMILES string of the molecule is CCC1C(=O)NCCN1S(=O)(=O)c1cccc(N)c1. The molecule has 0 aliphatic carbocycles. The lowest BCUT2D eigenvalue weighted by Gasteiger charge is -2.33. The van der Waals surface area contributed by atoms with E-state index in [0.717, 1.165) is 0 Å². The Bertz CT molecular complexity index is 586. The van der Waals surface area contributed by atoms with E-state index in [-0.39, 0.29) is 17.3 Å². The Morgan fingerprint density at radius 2 is 2.21 bits per heavy atom. The molecule has 1 fully saturated rings. The highest BCUT2D eigenvalue weighted by molar-refractivity contribution is 7.89. The van der Waals surface area contributed by atoms with Crippen LogP contribution >= 0.6 is 0 Å². The second-order valence-corrected chi connectivity index (χ2v) is 6.29. The van der Waals surface area contributed by atoms with Gasteiger partial charge in [0.15, 0.2) is 0 Å². The number of carbonyl (C=O) groups excluding carboxylic acids is 1. The van der Waals surface area contributed by atoms with Gasteiger partial charge in [-0.15, -0.1) is 0 Å². The molecule has 1 amide bonds. The zero-order chi connectivity index (χ0) is 14.0. The molecule has 1 aromatic rings. The van der Waals surface area contributed by atoms with E-state index in [0.29, 0.717) is 18.7 Å². The molecular formula is C12H17N3O3S. The third-order valence-corrected chi connectivity index (χ3v) is 5.04. The van der Waals surface area contributed by atoms with Crippen molar-refractivity contribution in [2.45, 2.75) is 24.3 Å². The van der Waals surface area contributed by atoms with Crippen LogP contribution in [0.25, 0.3) is 0 Å². The highest BCUT2D eigenvalue weighted by Crippen LogP contribution is 2.22. The molecule has 1 atom stereocenters. The number of anilines is 1. The molecule has 104 valence electrons. The maximum absolute atomic E-state index is 12.5. The largest absolute Gasteiger partial charge is 0.399 e. The maximum atomic E-state index is 12.5. The van der Waals surface area contributed by atoms with Gasteiger partial charge in [-0.25, -0.2) is 8.42 Å². The first kappa shape index (κ1) is 13.8. The van der Waals surface area contributed by atoms with Crippen LogP contribution < -0.4 is 11.1 Å². The summed E-state index contributed by atoms with van der Waals surface area (Å²) in [5, 5.41) is 2.68. The highest BCUT2D eigenvalue weighted by atomic mass is 32.2. The van der Waals surface area contributed by atoms with Crippen LogP contribution in [0.1, 0.15) is 13.3 Å². The molecule has 0 radical (unpaired) electrons. The van der Waals surface area contributed by atoms with Crippen LogP contribution in [0.15, 0.2) is 29.2 Å². The first-order valence-electron chi connectivity index (χ1n) is 6.12. The Labute approximate surface area is 112 Å². The minimum Gasteiger partial charge on any atom is -0.399 e. The number of hydrogen-bond acceptors (Lipinski definition) is 4. The number of nitrogen functional groups attached to an aromatic ring is 1. The highest BCUT2D eigenvalue weighted by Gasteiger charge is 2.37. The molecule has 1 aliphatic rings. The second-order valence-electron chi connectivity index (χ2n) is 4.40. The maximum Gasteiger partial charge on any atom is 0.243 e. The smallest absolute Gasteiger partial charge is 0.243 e. The predicted octanol–water partition coefficient (Wildman–Crippen LogP) is 0.168. The van der Waals surface area contributed by atoms with Gasteiger partial charge in [0.25, 0.3) is 0 Å². The van der Waals surface area contributed by atoms with Crippen molar-refractivity contribution in [3.63, 3.8) is 0 Å². The quantitative estimate of drug-likeness (QED) is 0.773. The number of hydrogen-bond donors (Lipinski definition) is 2. The lowest BCUT2D eigenvalue weighted by molar-refractivity contribution is -0.126.